The molecule has 1 heterocycles. The predicted octanol–water partition coefficient (Wildman–Crippen LogP) is 2.23. The molecule has 0 saturated carbocycles. The molecule has 80 valence electrons. The fourth-order valence-corrected chi connectivity index (χ4v) is 1.86. The molecule has 0 atom stereocenters. The van der Waals surface area contributed by atoms with E-state index in [-0.39, 0.29) is 11.6 Å². The van der Waals surface area contributed by atoms with Crippen LogP contribution < -0.4 is 0 Å². The maximum atomic E-state index is 13.0. The fraction of sp³-hybridized carbons (Fsp3) is 0.417. The largest absolute Gasteiger partial charge is 0.293 e. The molecule has 0 amide bonds. The van der Waals surface area contributed by atoms with Crippen molar-refractivity contribution >= 4 is 5.78 Å². The Labute approximate surface area is 88.7 Å². The highest BCUT2D eigenvalue weighted by Gasteiger charge is 2.24. The minimum absolute atomic E-state index is 0.0180. The van der Waals surface area contributed by atoms with Gasteiger partial charge in [-0.2, -0.15) is 0 Å². The first-order valence-electron chi connectivity index (χ1n) is 5.13. The summed E-state index contributed by atoms with van der Waals surface area (Å²) in [5.41, 5.74) is 1.48. The van der Waals surface area contributed by atoms with Gasteiger partial charge in [-0.1, -0.05) is 6.07 Å². The molecule has 1 aliphatic rings. The van der Waals surface area contributed by atoms with Crippen LogP contribution in [0.3, 0.4) is 0 Å². The molecule has 3 heteroatoms. The number of hydrogen-bond donors (Lipinski definition) is 0. The second kappa shape index (κ2) is 3.74. The number of rotatable bonds is 1. The Bertz CT molecular complexity index is 401. The van der Waals surface area contributed by atoms with Crippen LogP contribution in [-0.2, 0) is 6.54 Å². The number of ketones is 1. The highest BCUT2D eigenvalue weighted by molar-refractivity contribution is 5.99. The van der Waals surface area contributed by atoms with E-state index in [1.807, 2.05) is 0 Å². The molecule has 15 heavy (non-hydrogen) atoms. The van der Waals surface area contributed by atoms with Crippen LogP contribution in [0.4, 0.5) is 4.39 Å². The second-order valence-corrected chi connectivity index (χ2v) is 4.22. The maximum absolute atomic E-state index is 13.0. The standard InChI is InChI=1S/C12H14FNO/c1-8(2)14-6-9-3-4-10(13)5-11(9)12(15)7-14/h3-5,8H,6-7H2,1-2H3. The van der Waals surface area contributed by atoms with Gasteiger partial charge >= 0.3 is 0 Å². The van der Waals surface area contributed by atoms with Crippen molar-refractivity contribution < 1.29 is 9.18 Å². The van der Waals surface area contributed by atoms with Crippen molar-refractivity contribution in [2.75, 3.05) is 6.54 Å². The van der Waals surface area contributed by atoms with Crippen LogP contribution in [0.1, 0.15) is 29.8 Å². The molecule has 0 unspecified atom stereocenters. The van der Waals surface area contributed by atoms with Gasteiger partial charge in [-0.05, 0) is 31.5 Å². The number of benzene rings is 1. The monoisotopic (exact) mass is 207 g/mol. The lowest BCUT2D eigenvalue weighted by atomic mass is 9.98. The van der Waals surface area contributed by atoms with Crippen LogP contribution in [0.2, 0.25) is 0 Å². The Kier molecular flexibility index (Phi) is 2.57. The predicted molar refractivity (Wildman–Crippen MR) is 56.3 cm³/mol. The van der Waals surface area contributed by atoms with Crippen molar-refractivity contribution in [3.63, 3.8) is 0 Å². The van der Waals surface area contributed by atoms with Gasteiger partial charge in [-0.3, -0.25) is 9.69 Å². The summed E-state index contributed by atoms with van der Waals surface area (Å²) in [6.07, 6.45) is 0. The van der Waals surface area contributed by atoms with Crippen molar-refractivity contribution in [2.45, 2.75) is 26.4 Å². The summed E-state index contributed by atoms with van der Waals surface area (Å²) in [5, 5.41) is 0. The van der Waals surface area contributed by atoms with E-state index in [0.29, 0.717) is 18.2 Å². The van der Waals surface area contributed by atoms with Crippen molar-refractivity contribution in [3.05, 3.63) is 35.1 Å². The molecule has 0 radical (unpaired) electrons. The number of Topliss-reactive ketones (excluding diaryl/α,β-unsaturated/α-hetero) is 1. The third-order valence-corrected chi connectivity index (χ3v) is 2.82. The van der Waals surface area contributed by atoms with Gasteiger partial charge in [0.2, 0.25) is 0 Å². The first kappa shape index (κ1) is 10.3. The van der Waals surface area contributed by atoms with E-state index < -0.39 is 0 Å². The van der Waals surface area contributed by atoms with E-state index in [1.165, 1.54) is 12.1 Å². The van der Waals surface area contributed by atoms with Crippen LogP contribution in [0, 0.1) is 5.82 Å². The second-order valence-electron chi connectivity index (χ2n) is 4.22. The molecular formula is C12H14FNO. The summed E-state index contributed by atoms with van der Waals surface area (Å²) in [7, 11) is 0. The molecule has 1 aromatic rings. The summed E-state index contributed by atoms with van der Waals surface area (Å²) in [5.74, 6) is -0.315. The molecule has 0 N–H and O–H groups in total. The smallest absolute Gasteiger partial charge is 0.177 e. The Morgan fingerprint density at radius 2 is 2.07 bits per heavy atom. The first-order valence-corrected chi connectivity index (χ1v) is 5.13. The number of hydrogen-bond acceptors (Lipinski definition) is 2. The third kappa shape index (κ3) is 1.92. The molecule has 0 bridgehead atoms. The van der Waals surface area contributed by atoms with Gasteiger partial charge in [0, 0.05) is 18.2 Å². The van der Waals surface area contributed by atoms with Gasteiger partial charge in [0.05, 0.1) is 6.54 Å². The van der Waals surface area contributed by atoms with E-state index in [2.05, 4.69) is 18.7 Å². The van der Waals surface area contributed by atoms with Gasteiger partial charge in [0.25, 0.3) is 0 Å². The summed E-state index contributed by atoms with van der Waals surface area (Å²) in [6.45, 7) is 5.25. The molecule has 0 aromatic heterocycles. The van der Waals surface area contributed by atoms with Crippen molar-refractivity contribution in [1.29, 1.82) is 0 Å². The van der Waals surface area contributed by atoms with E-state index in [9.17, 15) is 9.18 Å². The molecule has 0 saturated heterocycles. The topological polar surface area (TPSA) is 20.3 Å². The average molecular weight is 207 g/mol. The summed E-state index contributed by atoms with van der Waals surface area (Å²) in [6, 6.07) is 4.80. The van der Waals surface area contributed by atoms with E-state index >= 15 is 0 Å². The summed E-state index contributed by atoms with van der Waals surface area (Å²) >= 11 is 0. The number of nitrogens with zero attached hydrogens (tertiary/aromatic N) is 1. The van der Waals surface area contributed by atoms with E-state index in [4.69, 9.17) is 0 Å². The van der Waals surface area contributed by atoms with Crippen molar-refractivity contribution in [1.82, 2.24) is 4.90 Å². The summed E-state index contributed by atoms with van der Waals surface area (Å²) < 4.78 is 13.0. The van der Waals surface area contributed by atoms with Crippen LogP contribution in [0.15, 0.2) is 18.2 Å². The minimum atomic E-state index is -0.333. The maximum Gasteiger partial charge on any atom is 0.177 e. The normalized spacial score (nSPS) is 16.9. The van der Waals surface area contributed by atoms with E-state index in [1.54, 1.807) is 6.07 Å². The quantitative estimate of drug-likeness (QED) is 0.703. The van der Waals surface area contributed by atoms with Gasteiger partial charge < -0.3 is 0 Å². The molecule has 0 spiro atoms. The number of halogens is 1. The highest BCUT2D eigenvalue weighted by atomic mass is 19.1. The lowest BCUT2D eigenvalue weighted by Crippen LogP contribution is -2.39. The Morgan fingerprint density at radius 3 is 2.73 bits per heavy atom. The molecule has 1 aliphatic heterocycles. The summed E-state index contributed by atoms with van der Waals surface area (Å²) in [4.78, 5) is 13.8. The van der Waals surface area contributed by atoms with Crippen LogP contribution in [0.5, 0.6) is 0 Å². The lowest BCUT2D eigenvalue weighted by Gasteiger charge is -2.30. The first-order chi connectivity index (χ1) is 7.08. The Balaban J connectivity index is 2.37. The van der Waals surface area contributed by atoms with E-state index in [0.717, 1.165) is 12.1 Å². The Hall–Kier alpha value is -1.22. The number of carbonyl (C=O) groups is 1. The molecule has 2 nitrogen and oxygen atoms in total. The van der Waals surface area contributed by atoms with Gasteiger partial charge in [-0.15, -0.1) is 0 Å². The molecule has 0 aliphatic carbocycles. The molecule has 2 rings (SSSR count). The molecular weight excluding hydrogens is 193 g/mol. The highest BCUT2D eigenvalue weighted by Crippen LogP contribution is 2.21. The molecule has 0 fully saturated rings. The zero-order valence-corrected chi connectivity index (χ0v) is 8.96. The lowest BCUT2D eigenvalue weighted by molar-refractivity contribution is 0.0867. The van der Waals surface area contributed by atoms with Crippen molar-refractivity contribution in [3.8, 4) is 0 Å². The van der Waals surface area contributed by atoms with Gasteiger partial charge in [0.1, 0.15) is 5.82 Å². The fourth-order valence-electron chi connectivity index (χ4n) is 1.86. The minimum Gasteiger partial charge on any atom is -0.293 e. The van der Waals surface area contributed by atoms with Gasteiger partial charge in [-0.25, -0.2) is 4.39 Å². The average Bonchev–Trinajstić information content (AvgIpc) is 2.18. The third-order valence-electron chi connectivity index (χ3n) is 2.82. The molecule has 1 aromatic carbocycles. The zero-order chi connectivity index (χ0) is 11.0. The number of carbonyl (C=O) groups excluding carboxylic acids is 1. The van der Waals surface area contributed by atoms with Crippen LogP contribution >= 0.6 is 0 Å². The van der Waals surface area contributed by atoms with Crippen molar-refractivity contribution in [2.24, 2.45) is 0 Å². The van der Waals surface area contributed by atoms with Crippen LogP contribution in [0.25, 0.3) is 0 Å². The SMILES string of the molecule is CC(C)N1CC(=O)c2cc(F)ccc2C1. The Morgan fingerprint density at radius 1 is 1.33 bits per heavy atom. The van der Waals surface area contributed by atoms with Crippen LogP contribution in [-0.4, -0.2) is 23.3 Å². The zero-order valence-electron chi connectivity index (χ0n) is 8.96. The number of fused-ring (bicyclic) bond motifs is 1. The van der Waals surface area contributed by atoms with Gasteiger partial charge in [0.15, 0.2) is 5.78 Å².